The zero-order valence-corrected chi connectivity index (χ0v) is 12.7. The van der Waals surface area contributed by atoms with E-state index in [1.165, 1.54) is 12.1 Å². The highest BCUT2D eigenvalue weighted by molar-refractivity contribution is 5.58. The van der Waals surface area contributed by atoms with Crippen LogP contribution in [0.15, 0.2) is 24.3 Å². The first-order valence-corrected chi connectivity index (χ1v) is 6.89. The first kappa shape index (κ1) is 15.4. The molecule has 0 bridgehead atoms. The number of aromatic nitrogens is 2. The Kier molecular flexibility index (Phi) is 4.21. The summed E-state index contributed by atoms with van der Waals surface area (Å²) in [7, 11) is 0. The molecule has 1 aromatic carbocycles. The highest BCUT2D eigenvalue weighted by Crippen LogP contribution is 2.26. The second kappa shape index (κ2) is 5.76. The summed E-state index contributed by atoms with van der Waals surface area (Å²) < 4.78 is 26.8. The first-order valence-electron chi connectivity index (χ1n) is 6.89. The van der Waals surface area contributed by atoms with Crippen LogP contribution in [0.5, 0.6) is 0 Å². The summed E-state index contributed by atoms with van der Waals surface area (Å²) in [6.45, 7) is 8.75. The average Bonchev–Trinajstić information content (AvgIpc) is 2.36. The molecule has 0 fully saturated rings. The molecular formula is C16H19F2N3. The number of benzene rings is 1. The van der Waals surface area contributed by atoms with Crippen molar-refractivity contribution >= 4 is 5.82 Å². The summed E-state index contributed by atoms with van der Waals surface area (Å²) in [6, 6.07) is 5.17. The molecule has 0 unspecified atom stereocenters. The lowest BCUT2D eigenvalue weighted by Gasteiger charge is -2.19. The van der Waals surface area contributed by atoms with E-state index in [0.717, 1.165) is 11.8 Å². The third-order valence-electron chi connectivity index (χ3n) is 2.97. The molecular weight excluding hydrogens is 272 g/mol. The third-order valence-corrected chi connectivity index (χ3v) is 2.97. The van der Waals surface area contributed by atoms with Crippen LogP contribution in [0.1, 0.15) is 33.4 Å². The summed E-state index contributed by atoms with van der Waals surface area (Å²) in [5.74, 6) is -0.312. The maximum atomic E-state index is 13.4. The Morgan fingerprint density at radius 3 is 2.14 bits per heavy atom. The van der Waals surface area contributed by atoms with Gasteiger partial charge in [-0.3, -0.25) is 0 Å². The molecule has 0 radical (unpaired) electrons. The van der Waals surface area contributed by atoms with Gasteiger partial charge in [-0.25, -0.2) is 18.7 Å². The molecule has 0 atom stereocenters. The van der Waals surface area contributed by atoms with E-state index in [2.05, 4.69) is 15.3 Å². The highest BCUT2D eigenvalue weighted by Gasteiger charge is 2.19. The molecule has 0 aliphatic carbocycles. The lowest BCUT2D eigenvalue weighted by Crippen LogP contribution is -2.16. The van der Waals surface area contributed by atoms with Crippen molar-refractivity contribution < 1.29 is 8.78 Å². The predicted molar refractivity (Wildman–Crippen MR) is 80.2 cm³/mol. The molecule has 21 heavy (non-hydrogen) atoms. The van der Waals surface area contributed by atoms with Gasteiger partial charge < -0.3 is 5.32 Å². The topological polar surface area (TPSA) is 37.8 Å². The smallest absolute Gasteiger partial charge is 0.161 e. The fraction of sp³-hybridized carbons (Fsp3) is 0.375. The van der Waals surface area contributed by atoms with Gasteiger partial charge in [-0.15, -0.1) is 0 Å². The maximum Gasteiger partial charge on any atom is 0.161 e. The van der Waals surface area contributed by atoms with Gasteiger partial charge in [-0.2, -0.15) is 0 Å². The predicted octanol–water partition coefficient (Wildman–Crippen LogP) is 4.15. The van der Waals surface area contributed by atoms with Crippen molar-refractivity contribution in [1.29, 1.82) is 0 Å². The Balaban J connectivity index is 2.59. The second-order valence-electron chi connectivity index (χ2n) is 5.90. The minimum atomic E-state index is -0.639. The minimum Gasteiger partial charge on any atom is -0.370 e. The number of rotatable bonds is 3. The van der Waals surface area contributed by atoms with Crippen molar-refractivity contribution in [2.75, 3.05) is 11.9 Å². The van der Waals surface area contributed by atoms with Crippen LogP contribution in [0.2, 0.25) is 0 Å². The van der Waals surface area contributed by atoms with E-state index in [1.54, 1.807) is 0 Å². The monoisotopic (exact) mass is 291 g/mol. The van der Waals surface area contributed by atoms with E-state index >= 15 is 0 Å². The molecule has 0 aliphatic rings. The first-order chi connectivity index (χ1) is 9.79. The molecule has 0 spiro atoms. The number of hydrogen-bond acceptors (Lipinski definition) is 3. The quantitative estimate of drug-likeness (QED) is 0.923. The number of nitrogens with zero attached hydrogens (tertiary/aromatic N) is 2. The summed E-state index contributed by atoms with van der Waals surface area (Å²) in [6.07, 6.45) is 0. The van der Waals surface area contributed by atoms with E-state index in [9.17, 15) is 8.78 Å². The maximum absolute atomic E-state index is 13.4. The van der Waals surface area contributed by atoms with Gasteiger partial charge in [0.25, 0.3) is 0 Å². The zero-order valence-electron chi connectivity index (χ0n) is 12.7. The number of anilines is 1. The van der Waals surface area contributed by atoms with Gasteiger partial charge in [-0.05, 0) is 19.1 Å². The van der Waals surface area contributed by atoms with Crippen LogP contribution in [-0.2, 0) is 5.41 Å². The fourth-order valence-electron chi connectivity index (χ4n) is 1.92. The van der Waals surface area contributed by atoms with Gasteiger partial charge in [0.2, 0.25) is 0 Å². The van der Waals surface area contributed by atoms with Crippen LogP contribution in [0.3, 0.4) is 0 Å². The van der Waals surface area contributed by atoms with Crippen molar-refractivity contribution in [1.82, 2.24) is 9.97 Å². The van der Waals surface area contributed by atoms with E-state index < -0.39 is 11.6 Å². The molecule has 0 aliphatic heterocycles. The molecule has 3 nitrogen and oxygen atoms in total. The third kappa shape index (κ3) is 3.74. The Hall–Kier alpha value is -2.04. The van der Waals surface area contributed by atoms with Gasteiger partial charge in [0.05, 0.1) is 5.69 Å². The molecule has 0 saturated carbocycles. The molecule has 2 aromatic rings. The van der Waals surface area contributed by atoms with Crippen molar-refractivity contribution in [3.63, 3.8) is 0 Å². The molecule has 1 heterocycles. The Morgan fingerprint density at radius 2 is 1.62 bits per heavy atom. The van der Waals surface area contributed by atoms with Gasteiger partial charge in [0.1, 0.15) is 17.5 Å². The van der Waals surface area contributed by atoms with Crippen LogP contribution in [-0.4, -0.2) is 16.5 Å². The average molecular weight is 291 g/mol. The van der Waals surface area contributed by atoms with Crippen molar-refractivity contribution in [3.8, 4) is 11.4 Å². The molecule has 0 amide bonds. The lowest BCUT2D eigenvalue weighted by atomic mass is 9.91. The summed E-state index contributed by atoms with van der Waals surface area (Å²) in [4.78, 5) is 8.79. The Labute approximate surface area is 123 Å². The number of hydrogen-bond donors (Lipinski definition) is 1. The van der Waals surface area contributed by atoms with Crippen LogP contribution in [0.4, 0.5) is 14.6 Å². The van der Waals surface area contributed by atoms with Crippen LogP contribution in [0.25, 0.3) is 11.4 Å². The number of nitrogens with one attached hydrogen (secondary N) is 1. The molecule has 0 saturated heterocycles. The van der Waals surface area contributed by atoms with Crippen LogP contribution < -0.4 is 5.32 Å². The highest BCUT2D eigenvalue weighted by atomic mass is 19.1. The van der Waals surface area contributed by atoms with Crippen LogP contribution >= 0.6 is 0 Å². The normalized spacial score (nSPS) is 11.5. The summed E-state index contributed by atoms with van der Waals surface area (Å²) >= 11 is 0. The van der Waals surface area contributed by atoms with Crippen molar-refractivity contribution in [2.45, 2.75) is 33.1 Å². The summed E-state index contributed by atoms with van der Waals surface area (Å²) in [5.41, 5.74) is 0.958. The fourth-order valence-corrected chi connectivity index (χ4v) is 1.92. The van der Waals surface area contributed by atoms with E-state index in [4.69, 9.17) is 0 Å². The minimum absolute atomic E-state index is 0.187. The number of halogens is 2. The lowest BCUT2D eigenvalue weighted by molar-refractivity contribution is 0.567. The SMILES string of the molecule is CCNc1cc(C(C)(C)C)nc(-c2cc(F)cc(F)c2)n1. The summed E-state index contributed by atoms with van der Waals surface area (Å²) in [5, 5.41) is 3.12. The second-order valence-corrected chi connectivity index (χ2v) is 5.90. The van der Waals surface area contributed by atoms with E-state index in [-0.39, 0.29) is 5.41 Å². The van der Waals surface area contributed by atoms with Gasteiger partial charge in [0.15, 0.2) is 5.82 Å². The molecule has 1 N–H and O–H groups in total. The van der Waals surface area contributed by atoms with E-state index in [1.807, 2.05) is 33.8 Å². The van der Waals surface area contributed by atoms with Gasteiger partial charge in [0, 0.05) is 29.7 Å². The zero-order chi connectivity index (χ0) is 15.6. The molecule has 5 heteroatoms. The Morgan fingerprint density at radius 1 is 1.00 bits per heavy atom. The van der Waals surface area contributed by atoms with Gasteiger partial charge >= 0.3 is 0 Å². The van der Waals surface area contributed by atoms with E-state index in [0.29, 0.717) is 23.8 Å². The van der Waals surface area contributed by atoms with Gasteiger partial charge in [-0.1, -0.05) is 20.8 Å². The Bertz CT molecular complexity index is 628. The molecule has 1 aromatic heterocycles. The standard InChI is InChI=1S/C16H19F2N3/c1-5-19-14-9-13(16(2,3)4)20-15(21-14)10-6-11(17)8-12(18)7-10/h6-9H,5H2,1-4H3,(H,19,20,21). The van der Waals surface area contributed by atoms with Crippen molar-refractivity contribution in [2.24, 2.45) is 0 Å². The van der Waals surface area contributed by atoms with Crippen LogP contribution in [0, 0.1) is 11.6 Å². The van der Waals surface area contributed by atoms with Crippen molar-refractivity contribution in [3.05, 3.63) is 41.6 Å². The largest absolute Gasteiger partial charge is 0.370 e. The molecule has 2 rings (SSSR count). The molecule has 112 valence electrons.